The van der Waals surface area contributed by atoms with Gasteiger partial charge >= 0.3 is 5.97 Å². The van der Waals surface area contributed by atoms with Gasteiger partial charge < -0.3 is 4.74 Å². The molecular formula is C30H31NO4. The van der Waals surface area contributed by atoms with Gasteiger partial charge in [0.15, 0.2) is 0 Å². The number of likely N-dealkylation sites (tertiary alicyclic amines) is 1. The van der Waals surface area contributed by atoms with Crippen molar-refractivity contribution in [2.24, 2.45) is 35.5 Å². The van der Waals surface area contributed by atoms with Gasteiger partial charge in [0.2, 0.25) is 11.8 Å². The summed E-state index contributed by atoms with van der Waals surface area (Å²) < 4.78 is 5.98. The Balaban J connectivity index is 1.35. The Labute approximate surface area is 206 Å². The van der Waals surface area contributed by atoms with Crippen LogP contribution < -0.4 is 4.74 Å². The highest BCUT2D eigenvalue weighted by Crippen LogP contribution is 2.65. The Morgan fingerprint density at radius 2 is 1.60 bits per heavy atom. The summed E-state index contributed by atoms with van der Waals surface area (Å²) in [5, 5.41) is 0. The number of rotatable bonds is 6. The number of carbonyl (C=O) groups is 3. The van der Waals surface area contributed by atoms with Gasteiger partial charge in [0.05, 0.1) is 11.8 Å². The Morgan fingerprint density at radius 1 is 0.971 bits per heavy atom. The molecule has 4 aliphatic carbocycles. The third-order valence-electron chi connectivity index (χ3n) is 8.55. The molecule has 0 N–H and O–H groups in total. The maximum absolute atomic E-state index is 13.8. The number of esters is 1. The van der Waals surface area contributed by atoms with E-state index in [9.17, 15) is 14.4 Å². The molecule has 1 aliphatic heterocycles. The first kappa shape index (κ1) is 22.3. The average molecular weight is 470 g/mol. The molecule has 7 atom stereocenters. The summed E-state index contributed by atoms with van der Waals surface area (Å²) in [6.07, 6.45) is 5.66. The Kier molecular flexibility index (Phi) is 5.21. The average Bonchev–Trinajstić information content (AvgIpc) is 3.62. The summed E-state index contributed by atoms with van der Waals surface area (Å²) >= 11 is 0. The number of amides is 2. The van der Waals surface area contributed by atoms with Crippen LogP contribution in [0.4, 0.5) is 0 Å². The van der Waals surface area contributed by atoms with Gasteiger partial charge in [-0.2, -0.15) is 0 Å². The van der Waals surface area contributed by atoms with Crippen LogP contribution >= 0.6 is 0 Å². The molecule has 0 radical (unpaired) electrons. The lowest BCUT2D eigenvalue weighted by Gasteiger charge is -2.37. The van der Waals surface area contributed by atoms with Crippen molar-refractivity contribution in [3.63, 3.8) is 0 Å². The van der Waals surface area contributed by atoms with E-state index in [-0.39, 0.29) is 47.8 Å². The van der Waals surface area contributed by atoms with Crippen molar-refractivity contribution >= 4 is 17.8 Å². The fraction of sp³-hybridized carbons (Fsp3) is 0.433. The lowest BCUT2D eigenvalue weighted by atomic mass is 9.63. The van der Waals surface area contributed by atoms with Gasteiger partial charge in [-0.1, -0.05) is 68.5 Å². The standard InChI is InChI=1S/C30H31NO4/c1-16(2)19-10-9-17(3)13-25(19)35-30(34)24(14-18-7-5-4-6-8-18)31-28(32)26-20-11-12-21(23-15-22(20)23)27(26)29(31)33/h4-13,16,20-24,26-27H,14-15H2,1-3H3/t20-,21-,22-,23-,24-,26-,27+/m0/s1. The van der Waals surface area contributed by atoms with Gasteiger partial charge in [-0.25, -0.2) is 4.79 Å². The molecule has 5 heteroatoms. The van der Waals surface area contributed by atoms with Crippen LogP contribution in [-0.4, -0.2) is 28.7 Å². The molecule has 3 fully saturated rings. The summed E-state index contributed by atoms with van der Waals surface area (Å²) in [7, 11) is 0. The number of aryl methyl sites for hydroxylation is 1. The quantitative estimate of drug-likeness (QED) is 0.267. The van der Waals surface area contributed by atoms with Crippen molar-refractivity contribution in [1.29, 1.82) is 0 Å². The van der Waals surface area contributed by atoms with Crippen molar-refractivity contribution < 1.29 is 19.1 Å². The molecule has 1 heterocycles. The fourth-order valence-electron chi connectivity index (χ4n) is 6.79. The van der Waals surface area contributed by atoms with Crippen LogP contribution in [0.3, 0.4) is 0 Å². The molecule has 1 saturated heterocycles. The molecule has 35 heavy (non-hydrogen) atoms. The predicted octanol–water partition coefficient (Wildman–Crippen LogP) is 4.69. The monoisotopic (exact) mass is 469 g/mol. The highest BCUT2D eigenvalue weighted by molar-refractivity contribution is 6.09. The minimum atomic E-state index is -0.987. The molecule has 2 bridgehead atoms. The van der Waals surface area contributed by atoms with Crippen LogP contribution in [0.1, 0.15) is 42.9 Å². The van der Waals surface area contributed by atoms with E-state index in [1.165, 1.54) is 4.90 Å². The van der Waals surface area contributed by atoms with E-state index in [1.807, 2.05) is 55.5 Å². The summed E-state index contributed by atoms with van der Waals surface area (Å²) in [6, 6.07) is 14.4. The molecule has 2 saturated carbocycles. The highest BCUT2D eigenvalue weighted by atomic mass is 16.5. The number of hydrogen-bond acceptors (Lipinski definition) is 4. The minimum absolute atomic E-state index is 0.120. The third kappa shape index (κ3) is 3.55. The number of allylic oxidation sites excluding steroid dienone is 2. The molecule has 5 nitrogen and oxygen atoms in total. The summed E-state index contributed by atoms with van der Waals surface area (Å²) in [5.41, 5.74) is 2.80. The van der Waals surface area contributed by atoms with Crippen LogP contribution in [0, 0.1) is 42.4 Å². The predicted molar refractivity (Wildman–Crippen MR) is 131 cm³/mol. The first-order valence-corrected chi connectivity index (χ1v) is 12.8. The molecule has 2 amide bonds. The van der Waals surface area contributed by atoms with E-state index in [0.29, 0.717) is 17.6 Å². The van der Waals surface area contributed by atoms with E-state index in [4.69, 9.17) is 4.74 Å². The lowest BCUT2D eigenvalue weighted by Crippen LogP contribution is -2.48. The highest BCUT2D eigenvalue weighted by Gasteiger charge is 2.68. The number of benzene rings is 2. The lowest BCUT2D eigenvalue weighted by molar-refractivity contribution is -0.153. The number of imide groups is 1. The summed E-state index contributed by atoms with van der Waals surface area (Å²) in [4.78, 5) is 42.6. The van der Waals surface area contributed by atoms with Crippen LogP contribution in [0.5, 0.6) is 5.75 Å². The molecular weight excluding hydrogens is 438 g/mol. The molecule has 0 aromatic heterocycles. The van der Waals surface area contributed by atoms with Gasteiger partial charge in [0.25, 0.3) is 0 Å². The molecule has 0 spiro atoms. The molecule has 0 unspecified atom stereocenters. The molecule has 7 rings (SSSR count). The summed E-state index contributed by atoms with van der Waals surface area (Å²) in [6.45, 7) is 6.06. The van der Waals surface area contributed by atoms with Crippen molar-refractivity contribution in [2.75, 3.05) is 0 Å². The van der Waals surface area contributed by atoms with Crippen LogP contribution in [-0.2, 0) is 20.8 Å². The minimum Gasteiger partial charge on any atom is -0.425 e. The van der Waals surface area contributed by atoms with E-state index in [1.54, 1.807) is 0 Å². The summed E-state index contributed by atoms with van der Waals surface area (Å²) in [5.74, 6) is 0.323. The van der Waals surface area contributed by atoms with E-state index < -0.39 is 12.0 Å². The Hall–Kier alpha value is -3.21. The number of carbonyl (C=O) groups excluding carboxylic acids is 3. The fourth-order valence-corrected chi connectivity index (χ4v) is 6.79. The van der Waals surface area contributed by atoms with Gasteiger partial charge in [-0.15, -0.1) is 0 Å². The largest absolute Gasteiger partial charge is 0.425 e. The third-order valence-corrected chi connectivity index (χ3v) is 8.55. The Morgan fingerprint density at radius 3 is 2.20 bits per heavy atom. The normalized spacial score (nSPS) is 30.9. The van der Waals surface area contributed by atoms with E-state index in [0.717, 1.165) is 23.1 Å². The molecule has 2 aromatic rings. The van der Waals surface area contributed by atoms with Crippen LogP contribution in [0.25, 0.3) is 0 Å². The molecule has 2 aromatic carbocycles. The zero-order valence-electron chi connectivity index (χ0n) is 20.4. The maximum Gasteiger partial charge on any atom is 0.335 e. The SMILES string of the molecule is Cc1ccc(C(C)C)c(OC(=O)[C@H](Cc2ccccc2)N2C(=O)[C@@H]3[C@H]4C=C[C@@H]([C@@H]5C[C@@H]45)[C@@H]3C2=O)c1. The number of nitrogens with zero attached hydrogens (tertiary/aromatic N) is 1. The van der Waals surface area contributed by atoms with Gasteiger partial charge in [0.1, 0.15) is 11.8 Å². The van der Waals surface area contributed by atoms with Crippen LogP contribution in [0.15, 0.2) is 60.7 Å². The smallest absolute Gasteiger partial charge is 0.335 e. The first-order chi connectivity index (χ1) is 16.8. The van der Waals surface area contributed by atoms with Crippen molar-refractivity contribution in [1.82, 2.24) is 4.90 Å². The zero-order chi connectivity index (χ0) is 24.4. The van der Waals surface area contributed by atoms with Gasteiger partial charge in [-0.05, 0) is 65.7 Å². The van der Waals surface area contributed by atoms with Gasteiger partial charge in [-0.3, -0.25) is 14.5 Å². The van der Waals surface area contributed by atoms with Crippen molar-refractivity contribution in [3.05, 3.63) is 77.4 Å². The van der Waals surface area contributed by atoms with Crippen molar-refractivity contribution in [3.8, 4) is 5.75 Å². The van der Waals surface area contributed by atoms with Crippen molar-refractivity contribution in [2.45, 2.75) is 45.6 Å². The van der Waals surface area contributed by atoms with Gasteiger partial charge in [0, 0.05) is 6.42 Å². The first-order valence-electron chi connectivity index (χ1n) is 12.8. The molecule has 5 aliphatic rings. The second-order valence-corrected chi connectivity index (χ2v) is 11.0. The second kappa shape index (κ2) is 8.18. The second-order valence-electron chi connectivity index (χ2n) is 11.0. The van der Waals surface area contributed by atoms with E-state index >= 15 is 0 Å². The zero-order valence-corrected chi connectivity index (χ0v) is 20.4. The van der Waals surface area contributed by atoms with Crippen LogP contribution in [0.2, 0.25) is 0 Å². The Bertz CT molecular complexity index is 1200. The topological polar surface area (TPSA) is 63.7 Å². The molecule has 180 valence electrons. The maximum atomic E-state index is 13.8. The number of hydrogen-bond donors (Lipinski definition) is 0. The number of ether oxygens (including phenoxy) is 1. The van der Waals surface area contributed by atoms with E-state index in [2.05, 4.69) is 26.0 Å².